The van der Waals surface area contributed by atoms with Gasteiger partial charge in [-0.3, -0.25) is 9.23 Å². The van der Waals surface area contributed by atoms with Crippen molar-refractivity contribution >= 4 is 21.5 Å². The zero-order valence-electron chi connectivity index (χ0n) is 15.3. The van der Waals surface area contributed by atoms with E-state index < -0.39 is 16.5 Å². The first kappa shape index (κ1) is 19.5. The van der Waals surface area contributed by atoms with Crippen molar-refractivity contribution in [2.24, 2.45) is 0 Å². The number of aryl methyl sites for hydroxylation is 3. The van der Waals surface area contributed by atoms with Crippen LogP contribution in [0.5, 0.6) is 0 Å². The highest BCUT2D eigenvalue weighted by atomic mass is 32.3. The Kier molecular flexibility index (Phi) is 5.93. The average Bonchev–Trinajstić information content (AvgIpc) is 3.15. The summed E-state index contributed by atoms with van der Waals surface area (Å²) in [6, 6.07) is 9.15. The molecule has 1 aromatic carbocycles. The van der Waals surface area contributed by atoms with Gasteiger partial charge in [0.05, 0.1) is 5.69 Å². The van der Waals surface area contributed by atoms with E-state index in [4.69, 9.17) is 13.2 Å². The normalized spacial score (nSPS) is 13.3. The lowest BCUT2D eigenvalue weighted by Crippen LogP contribution is -2.11. The number of benzene rings is 1. The van der Waals surface area contributed by atoms with Crippen molar-refractivity contribution in [2.75, 3.05) is 0 Å². The lowest BCUT2D eigenvalue weighted by atomic mass is 10.1. The Morgan fingerprint density at radius 3 is 2.67 bits per heavy atom. The van der Waals surface area contributed by atoms with E-state index in [0.717, 1.165) is 30.8 Å². The van der Waals surface area contributed by atoms with Crippen LogP contribution in [-0.4, -0.2) is 27.7 Å². The first-order valence-corrected chi connectivity index (χ1v) is 10.2. The van der Waals surface area contributed by atoms with E-state index in [9.17, 15) is 8.42 Å². The number of oxazole rings is 1. The molecule has 3 aromatic rings. The molecule has 0 aliphatic carbocycles. The number of hydrogen-bond donors (Lipinski definition) is 1. The van der Waals surface area contributed by atoms with Crippen LogP contribution in [0.2, 0.25) is 0 Å². The molecule has 1 N–H and O–H groups in total. The van der Waals surface area contributed by atoms with Gasteiger partial charge in [-0.05, 0) is 44.9 Å². The maximum absolute atomic E-state index is 11.2. The van der Waals surface area contributed by atoms with Gasteiger partial charge in [-0.25, -0.2) is 9.17 Å². The molecule has 0 spiro atoms. The molecule has 0 aliphatic heterocycles. The number of fused-ring (bicyclic) bond motifs is 1. The number of nitrogens with zero attached hydrogens (tertiary/aromatic N) is 3. The highest BCUT2D eigenvalue weighted by Crippen LogP contribution is 2.28. The smallest absolute Gasteiger partial charge is 0.398 e. The maximum atomic E-state index is 11.2. The summed E-state index contributed by atoms with van der Waals surface area (Å²) in [5.41, 5.74) is 3.26. The van der Waals surface area contributed by atoms with Gasteiger partial charge in [-0.15, -0.1) is 0 Å². The fourth-order valence-electron chi connectivity index (χ4n) is 3.06. The number of aromatic nitrogens is 3. The highest BCUT2D eigenvalue weighted by molar-refractivity contribution is 7.80. The van der Waals surface area contributed by atoms with Gasteiger partial charge < -0.3 is 4.42 Å². The van der Waals surface area contributed by atoms with Crippen LogP contribution in [0.15, 0.2) is 34.7 Å². The van der Waals surface area contributed by atoms with Gasteiger partial charge in [0, 0.05) is 12.2 Å². The van der Waals surface area contributed by atoms with E-state index in [0.29, 0.717) is 23.9 Å². The molecule has 1 atom stereocenters. The third-order valence-electron chi connectivity index (χ3n) is 4.26. The molecule has 0 saturated heterocycles. The fraction of sp³-hybridized carbons (Fsp3) is 0.444. The van der Waals surface area contributed by atoms with Crippen molar-refractivity contribution in [3.63, 3.8) is 0 Å². The van der Waals surface area contributed by atoms with Crippen LogP contribution >= 0.6 is 0 Å². The molecular formula is C18H23N3O5S. The minimum Gasteiger partial charge on any atom is -0.438 e. The molecule has 1 unspecified atom stereocenters. The SMILES string of the molecule is Cc1cc(C)n(CCCCCC(OS(=O)(=O)O)c2nc3ccccc3o2)n1. The van der Waals surface area contributed by atoms with Gasteiger partial charge in [0.25, 0.3) is 0 Å². The standard InChI is InChI=1S/C18H23N3O5S/c1-13-12-14(2)21(20-13)11-7-3-4-10-17(26-27(22,23)24)18-19-15-8-5-6-9-16(15)25-18/h5-6,8-9,12,17H,3-4,7,10-11H2,1-2H3,(H,22,23,24). The summed E-state index contributed by atoms with van der Waals surface area (Å²) in [5.74, 6) is 0.146. The zero-order valence-corrected chi connectivity index (χ0v) is 16.1. The fourth-order valence-corrected chi connectivity index (χ4v) is 3.53. The van der Waals surface area contributed by atoms with Crippen molar-refractivity contribution in [1.82, 2.24) is 14.8 Å². The Balaban J connectivity index is 1.59. The lowest BCUT2D eigenvalue weighted by molar-refractivity contribution is 0.144. The monoisotopic (exact) mass is 393 g/mol. The molecule has 27 heavy (non-hydrogen) atoms. The van der Waals surface area contributed by atoms with Gasteiger partial charge in [0.1, 0.15) is 5.52 Å². The van der Waals surface area contributed by atoms with Crippen molar-refractivity contribution in [1.29, 1.82) is 0 Å². The molecule has 2 heterocycles. The summed E-state index contributed by atoms with van der Waals surface area (Å²) < 4.78 is 43.8. The van der Waals surface area contributed by atoms with Crippen LogP contribution < -0.4 is 0 Å². The van der Waals surface area contributed by atoms with Crippen LogP contribution in [-0.2, 0) is 21.1 Å². The number of hydrogen-bond acceptors (Lipinski definition) is 6. The van der Waals surface area contributed by atoms with Crippen molar-refractivity contribution in [2.45, 2.75) is 52.2 Å². The summed E-state index contributed by atoms with van der Waals surface area (Å²) in [4.78, 5) is 4.28. The maximum Gasteiger partial charge on any atom is 0.398 e. The minimum atomic E-state index is -4.61. The number of para-hydroxylation sites is 2. The van der Waals surface area contributed by atoms with Crippen molar-refractivity contribution in [3.05, 3.63) is 47.6 Å². The predicted octanol–water partition coefficient (Wildman–Crippen LogP) is 3.76. The van der Waals surface area contributed by atoms with Crippen LogP contribution in [0, 0.1) is 13.8 Å². The molecule has 146 valence electrons. The average molecular weight is 393 g/mol. The Morgan fingerprint density at radius 2 is 2.00 bits per heavy atom. The molecule has 0 aliphatic rings. The Labute approximate surface area is 158 Å². The summed E-state index contributed by atoms with van der Waals surface area (Å²) in [6.07, 6.45) is 1.85. The Bertz CT molecular complexity index is 976. The van der Waals surface area contributed by atoms with E-state index in [-0.39, 0.29) is 5.89 Å². The van der Waals surface area contributed by atoms with Gasteiger partial charge in [-0.2, -0.15) is 13.5 Å². The molecule has 0 bridgehead atoms. The summed E-state index contributed by atoms with van der Waals surface area (Å²) in [7, 11) is -4.61. The second-order valence-corrected chi connectivity index (χ2v) is 7.58. The van der Waals surface area contributed by atoms with Gasteiger partial charge in [-0.1, -0.05) is 25.0 Å². The molecule has 0 fully saturated rings. The first-order valence-electron chi connectivity index (χ1n) is 8.84. The molecule has 0 radical (unpaired) electrons. The predicted molar refractivity (Wildman–Crippen MR) is 99.6 cm³/mol. The Hall–Kier alpha value is -2.23. The molecule has 2 aromatic heterocycles. The number of unbranched alkanes of at least 4 members (excludes halogenated alkanes) is 2. The first-order chi connectivity index (χ1) is 12.8. The van der Waals surface area contributed by atoms with Gasteiger partial charge in [0.2, 0.25) is 5.89 Å². The molecule has 0 amide bonds. The molecule has 3 rings (SSSR count). The summed E-state index contributed by atoms with van der Waals surface area (Å²) in [5, 5.41) is 4.42. The topological polar surface area (TPSA) is 107 Å². The quantitative estimate of drug-likeness (QED) is 0.435. The van der Waals surface area contributed by atoms with E-state index >= 15 is 0 Å². The summed E-state index contributed by atoms with van der Waals surface area (Å²) in [6.45, 7) is 4.77. The van der Waals surface area contributed by atoms with Crippen LogP contribution in [0.3, 0.4) is 0 Å². The third kappa shape index (κ3) is 5.38. The lowest BCUT2D eigenvalue weighted by Gasteiger charge is -2.12. The Morgan fingerprint density at radius 1 is 1.22 bits per heavy atom. The summed E-state index contributed by atoms with van der Waals surface area (Å²) >= 11 is 0. The van der Waals surface area contributed by atoms with E-state index in [1.807, 2.05) is 30.7 Å². The minimum absolute atomic E-state index is 0.146. The second-order valence-electron chi connectivity index (χ2n) is 6.53. The highest BCUT2D eigenvalue weighted by Gasteiger charge is 2.24. The van der Waals surface area contributed by atoms with E-state index in [1.54, 1.807) is 18.2 Å². The van der Waals surface area contributed by atoms with Crippen LogP contribution in [0.4, 0.5) is 0 Å². The second kappa shape index (κ2) is 8.20. The van der Waals surface area contributed by atoms with E-state index in [2.05, 4.69) is 10.1 Å². The molecular weight excluding hydrogens is 370 g/mol. The molecule has 9 heteroatoms. The molecule has 0 saturated carbocycles. The van der Waals surface area contributed by atoms with Crippen LogP contribution in [0.1, 0.15) is 49.1 Å². The van der Waals surface area contributed by atoms with Gasteiger partial charge >= 0.3 is 10.4 Å². The largest absolute Gasteiger partial charge is 0.438 e. The van der Waals surface area contributed by atoms with E-state index in [1.165, 1.54) is 0 Å². The third-order valence-corrected chi connectivity index (χ3v) is 4.74. The van der Waals surface area contributed by atoms with Crippen molar-refractivity contribution < 1.29 is 21.6 Å². The zero-order chi connectivity index (χ0) is 19.4. The number of rotatable bonds is 9. The molecule has 8 nitrogen and oxygen atoms in total. The van der Waals surface area contributed by atoms with Crippen molar-refractivity contribution in [3.8, 4) is 0 Å². The van der Waals surface area contributed by atoms with Gasteiger partial charge in [0.15, 0.2) is 11.7 Å². The van der Waals surface area contributed by atoms with Crippen LogP contribution in [0.25, 0.3) is 11.1 Å².